The van der Waals surface area contributed by atoms with Crippen LogP contribution in [0.5, 0.6) is 0 Å². The van der Waals surface area contributed by atoms with Gasteiger partial charge in [-0.3, -0.25) is 14.2 Å². The van der Waals surface area contributed by atoms with Crippen LogP contribution in [0.15, 0.2) is 42.6 Å². The Labute approximate surface area is 163 Å². The molecule has 148 valence electrons. The second-order valence-electron chi connectivity index (χ2n) is 6.22. The molecule has 28 heavy (non-hydrogen) atoms. The lowest BCUT2D eigenvalue weighted by Crippen LogP contribution is -2.16. The molecule has 0 aliphatic carbocycles. The van der Waals surface area contributed by atoms with E-state index < -0.39 is 11.9 Å². The molecule has 3 aromatic rings. The molecule has 1 N–H and O–H groups in total. The smallest absolute Gasteiger partial charge is 0.309 e. The van der Waals surface area contributed by atoms with Gasteiger partial charge in [-0.05, 0) is 30.7 Å². The number of carbonyl (C=O) groups excluding carboxylic acids is 1. The topological polar surface area (TPSA) is 64.7 Å². The van der Waals surface area contributed by atoms with Crippen LogP contribution in [0.25, 0.3) is 0 Å². The summed E-state index contributed by atoms with van der Waals surface area (Å²) in [6.07, 6.45) is -2.82. The van der Waals surface area contributed by atoms with Crippen LogP contribution in [-0.2, 0) is 24.1 Å². The van der Waals surface area contributed by atoms with Gasteiger partial charge >= 0.3 is 6.18 Å². The second-order valence-corrected chi connectivity index (χ2v) is 6.65. The first-order valence-corrected chi connectivity index (χ1v) is 8.78. The Bertz CT molecular complexity index is 980. The molecule has 0 fully saturated rings. The monoisotopic (exact) mass is 411 g/mol. The summed E-state index contributed by atoms with van der Waals surface area (Å²) >= 11 is 5.95. The van der Waals surface area contributed by atoms with E-state index in [0.29, 0.717) is 23.1 Å². The van der Waals surface area contributed by atoms with Gasteiger partial charge in [0.15, 0.2) is 11.5 Å². The van der Waals surface area contributed by atoms with Gasteiger partial charge in [0.25, 0.3) is 0 Å². The summed E-state index contributed by atoms with van der Waals surface area (Å²) < 4.78 is 40.8. The largest absolute Gasteiger partial charge is 0.435 e. The number of alkyl halides is 3. The highest BCUT2D eigenvalue weighted by Crippen LogP contribution is 2.28. The lowest BCUT2D eigenvalue weighted by molar-refractivity contribution is -0.141. The molecule has 0 aliphatic rings. The summed E-state index contributed by atoms with van der Waals surface area (Å²) in [5, 5.41) is 11.0. The highest BCUT2D eigenvalue weighted by atomic mass is 35.5. The number of amides is 1. The molecule has 6 nitrogen and oxygen atoms in total. The van der Waals surface area contributed by atoms with Crippen molar-refractivity contribution in [2.24, 2.45) is 0 Å². The van der Waals surface area contributed by atoms with Gasteiger partial charge in [0.05, 0.1) is 6.54 Å². The maximum Gasteiger partial charge on any atom is 0.435 e. The summed E-state index contributed by atoms with van der Waals surface area (Å²) in [6, 6.07) is 9.94. The van der Waals surface area contributed by atoms with Crippen LogP contribution in [0.1, 0.15) is 23.4 Å². The number of nitrogens with zero attached hydrogens (tertiary/aromatic N) is 4. The fourth-order valence-electron chi connectivity index (χ4n) is 2.63. The minimum Gasteiger partial charge on any atom is -0.309 e. The molecular weight excluding hydrogens is 395 g/mol. The lowest BCUT2D eigenvalue weighted by Gasteiger charge is -2.05. The molecule has 0 aliphatic heterocycles. The summed E-state index contributed by atoms with van der Waals surface area (Å²) in [6.45, 7) is 2.04. The zero-order valence-electron chi connectivity index (χ0n) is 14.9. The van der Waals surface area contributed by atoms with Crippen molar-refractivity contribution in [3.63, 3.8) is 0 Å². The van der Waals surface area contributed by atoms with Crippen LogP contribution in [0, 0.1) is 6.92 Å². The van der Waals surface area contributed by atoms with E-state index >= 15 is 0 Å². The highest BCUT2D eigenvalue weighted by Gasteiger charge is 2.34. The van der Waals surface area contributed by atoms with Crippen molar-refractivity contribution in [3.05, 3.63) is 64.6 Å². The van der Waals surface area contributed by atoms with Crippen LogP contribution in [0.3, 0.4) is 0 Å². The summed E-state index contributed by atoms with van der Waals surface area (Å²) in [5.41, 5.74) is 0.333. The third-order valence-corrected chi connectivity index (χ3v) is 4.20. The van der Waals surface area contributed by atoms with E-state index in [0.717, 1.165) is 11.6 Å². The minimum absolute atomic E-state index is 0.0268. The number of aromatic nitrogens is 4. The van der Waals surface area contributed by atoms with Gasteiger partial charge in [-0.2, -0.15) is 23.4 Å². The van der Waals surface area contributed by atoms with Gasteiger partial charge in [-0.1, -0.05) is 23.7 Å². The predicted octanol–water partition coefficient (Wildman–Crippen LogP) is 4.14. The Balaban J connectivity index is 1.54. The van der Waals surface area contributed by atoms with E-state index in [1.807, 2.05) is 18.2 Å². The normalized spacial score (nSPS) is 11.6. The molecule has 0 bridgehead atoms. The van der Waals surface area contributed by atoms with Gasteiger partial charge in [0.2, 0.25) is 5.91 Å². The van der Waals surface area contributed by atoms with E-state index in [1.54, 1.807) is 23.0 Å². The van der Waals surface area contributed by atoms with Crippen molar-refractivity contribution in [1.29, 1.82) is 0 Å². The van der Waals surface area contributed by atoms with Crippen molar-refractivity contribution in [2.45, 2.75) is 32.6 Å². The molecule has 0 unspecified atom stereocenters. The molecule has 0 saturated heterocycles. The Hall–Kier alpha value is -2.81. The van der Waals surface area contributed by atoms with Crippen molar-refractivity contribution in [3.8, 4) is 0 Å². The zero-order chi connectivity index (χ0) is 20.3. The Morgan fingerprint density at radius 3 is 2.68 bits per heavy atom. The van der Waals surface area contributed by atoms with Crippen molar-refractivity contribution >= 4 is 23.3 Å². The first-order chi connectivity index (χ1) is 13.2. The standard InChI is InChI=1S/C18H17ClF3N5O/c1-12-9-15(18(20,21)22)24-27(12)8-6-17(28)23-16-5-7-26(25-16)11-13-3-2-4-14(19)10-13/h2-5,7,9-10H,6,8,11H2,1H3,(H,23,25,28). The molecule has 1 amide bonds. The van der Waals surface area contributed by atoms with Crippen molar-refractivity contribution in [1.82, 2.24) is 19.6 Å². The van der Waals surface area contributed by atoms with E-state index in [2.05, 4.69) is 15.5 Å². The van der Waals surface area contributed by atoms with Crippen LogP contribution >= 0.6 is 11.6 Å². The molecule has 0 atom stereocenters. The molecule has 1 aromatic carbocycles. The first-order valence-electron chi connectivity index (χ1n) is 8.40. The number of benzene rings is 1. The van der Waals surface area contributed by atoms with E-state index in [1.165, 1.54) is 11.6 Å². The molecule has 0 saturated carbocycles. The first kappa shape index (κ1) is 19.9. The molecule has 3 rings (SSSR count). The average molecular weight is 412 g/mol. The number of nitrogens with one attached hydrogen (secondary N) is 1. The number of anilines is 1. The number of hydrogen-bond acceptors (Lipinski definition) is 3. The maximum atomic E-state index is 12.7. The SMILES string of the molecule is Cc1cc(C(F)(F)F)nn1CCC(=O)Nc1ccn(Cc2cccc(Cl)c2)n1. The Morgan fingerprint density at radius 2 is 2.00 bits per heavy atom. The third-order valence-electron chi connectivity index (χ3n) is 3.96. The fourth-order valence-corrected chi connectivity index (χ4v) is 2.84. The minimum atomic E-state index is -4.51. The van der Waals surface area contributed by atoms with E-state index in [-0.39, 0.29) is 18.9 Å². The van der Waals surface area contributed by atoms with E-state index in [9.17, 15) is 18.0 Å². The van der Waals surface area contributed by atoms with Crippen LogP contribution in [0.2, 0.25) is 5.02 Å². The van der Waals surface area contributed by atoms with Gasteiger partial charge in [-0.25, -0.2) is 0 Å². The number of aryl methyl sites for hydroxylation is 2. The van der Waals surface area contributed by atoms with Crippen molar-refractivity contribution < 1.29 is 18.0 Å². The summed E-state index contributed by atoms with van der Waals surface area (Å²) in [4.78, 5) is 12.1. The number of halogens is 4. The van der Waals surface area contributed by atoms with E-state index in [4.69, 9.17) is 11.6 Å². The Kier molecular flexibility index (Phi) is 5.73. The fraction of sp³-hybridized carbons (Fsp3) is 0.278. The second kappa shape index (κ2) is 8.05. The average Bonchev–Trinajstić information content (AvgIpc) is 3.19. The molecule has 0 spiro atoms. The van der Waals surface area contributed by atoms with Gasteiger partial charge < -0.3 is 5.32 Å². The molecular formula is C18H17ClF3N5O. The van der Waals surface area contributed by atoms with Gasteiger partial charge in [0.1, 0.15) is 0 Å². The highest BCUT2D eigenvalue weighted by molar-refractivity contribution is 6.30. The van der Waals surface area contributed by atoms with Crippen LogP contribution in [0.4, 0.5) is 19.0 Å². The zero-order valence-corrected chi connectivity index (χ0v) is 15.6. The number of rotatable bonds is 6. The third kappa shape index (κ3) is 5.13. The maximum absolute atomic E-state index is 12.7. The van der Waals surface area contributed by atoms with Gasteiger partial charge in [0, 0.05) is 35.9 Å². The van der Waals surface area contributed by atoms with Crippen LogP contribution < -0.4 is 5.32 Å². The Morgan fingerprint density at radius 1 is 1.21 bits per heavy atom. The molecule has 2 aromatic heterocycles. The number of carbonyl (C=O) groups is 1. The summed E-state index contributed by atoms with van der Waals surface area (Å²) in [5.74, 6) is -0.00309. The molecule has 10 heteroatoms. The van der Waals surface area contributed by atoms with Gasteiger partial charge in [-0.15, -0.1) is 0 Å². The molecule has 0 radical (unpaired) electrons. The molecule has 2 heterocycles. The predicted molar refractivity (Wildman–Crippen MR) is 98.0 cm³/mol. The lowest BCUT2D eigenvalue weighted by atomic mass is 10.2. The quantitative estimate of drug-likeness (QED) is 0.663. The summed E-state index contributed by atoms with van der Waals surface area (Å²) in [7, 11) is 0. The van der Waals surface area contributed by atoms with Crippen molar-refractivity contribution in [2.75, 3.05) is 5.32 Å². The van der Waals surface area contributed by atoms with Crippen LogP contribution in [-0.4, -0.2) is 25.5 Å². The number of hydrogen-bond donors (Lipinski definition) is 1.